The van der Waals surface area contributed by atoms with Crippen LogP contribution in [-0.2, 0) is 22.4 Å². The summed E-state index contributed by atoms with van der Waals surface area (Å²) in [7, 11) is 0. The van der Waals surface area contributed by atoms with E-state index in [1.807, 2.05) is 54.6 Å². The molecule has 0 spiro atoms. The molecule has 0 saturated carbocycles. The Hall–Kier alpha value is -3.68. The number of para-hydroxylation sites is 2. The molecule has 3 aromatic rings. The highest BCUT2D eigenvalue weighted by Crippen LogP contribution is 2.13. The number of carbonyl (C=O) groups excluding carboxylic acids is 3. The number of H-pyrrole nitrogens is 1. The lowest BCUT2D eigenvalue weighted by atomic mass is 10.1. The van der Waals surface area contributed by atoms with Crippen LogP contribution in [0.15, 0.2) is 54.6 Å². The van der Waals surface area contributed by atoms with E-state index < -0.39 is 12.1 Å². The Kier molecular flexibility index (Phi) is 6.26. The van der Waals surface area contributed by atoms with Gasteiger partial charge in [-0.3, -0.25) is 14.5 Å². The topological polar surface area (TPSA) is 107 Å². The second-order valence-electron chi connectivity index (χ2n) is 7.57. The number of imide groups is 1. The van der Waals surface area contributed by atoms with Crippen molar-refractivity contribution in [2.45, 2.75) is 31.7 Å². The van der Waals surface area contributed by atoms with Gasteiger partial charge < -0.3 is 15.6 Å². The number of nitrogens with one attached hydrogen (secondary N) is 3. The second-order valence-corrected chi connectivity index (χ2v) is 7.57. The normalized spacial score (nSPS) is 16.0. The van der Waals surface area contributed by atoms with Crippen LogP contribution >= 0.6 is 0 Å². The van der Waals surface area contributed by atoms with E-state index in [0.717, 1.165) is 22.4 Å². The first kappa shape index (κ1) is 20.6. The van der Waals surface area contributed by atoms with Gasteiger partial charge in [0.15, 0.2) is 0 Å². The number of hydrogen-bond acceptors (Lipinski definition) is 4. The van der Waals surface area contributed by atoms with E-state index in [9.17, 15) is 14.4 Å². The highest BCUT2D eigenvalue weighted by molar-refractivity contribution is 6.04. The third kappa shape index (κ3) is 5.09. The molecule has 1 atom stereocenters. The van der Waals surface area contributed by atoms with E-state index in [0.29, 0.717) is 25.9 Å². The smallest absolute Gasteiger partial charge is 0.324 e. The number of aromatic nitrogens is 2. The molecule has 1 aromatic heterocycles. The fourth-order valence-corrected chi connectivity index (χ4v) is 3.68. The van der Waals surface area contributed by atoms with Crippen LogP contribution in [0.2, 0.25) is 0 Å². The lowest BCUT2D eigenvalue weighted by molar-refractivity contribution is -0.127. The predicted molar refractivity (Wildman–Crippen MR) is 116 cm³/mol. The molecule has 31 heavy (non-hydrogen) atoms. The first-order chi connectivity index (χ1) is 15.1. The van der Waals surface area contributed by atoms with Crippen molar-refractivity contribution in [3.05, 3.63) is 66.0 Å². The zero-order valence-electron chi connectivity index (χ0n) is 17.1. The van der Waals surface area contributed by atoms with Crippen LogP contribution < -0.4 is 10.6 Å². The van der Waals surface area contributed by atoms with E-state index in [1.54, 1.807) is 0 Å². The molecule has 1 aliphatic heterocycles. The highest BCUT2D eigenvalue weighted by atomic mass is 16.2. The van der Waals surface area contributed by atoms with Crippen LogP contribution in [0.3, 0.4) is 0 Å². The Balaban J connectivity index is 1.19. The van der Waals surface area contributed by atoms with Gasteiger partial charge in [-0.15, -0.1) is 0 Å². The summed E-state index contributed by atoms with van der Waals surface area (Å²) in [6.07, 6.45) is 1.65. The van der Waals surface area contributed by atoms with Crippen LogP contribution in [-0.4, -0.2) is 51.8 Å². The minimum Gasteiger partial charge on any atom is -0.356 e. The number of imidazole rings is 1. The average Bonchev–Trinajstić information content (AvgIpc) is 3.31. The third-order valence-corrected chi connectivity index (χ3v) is 5.36. The van der Waals surface area contributed by atoms with Gasteiger partial charge in [0.05, 0.1) is 11.0 Å². The molecular formula is C23H25N5O3. The van der Waals surface area contributed by atoms with Crippen molar-refractivity contribution in [2.75, 3.05) is 13.1 Å². The molecule has 0 radical (unpaired) electrons. The third-order valence-electron chi connectivity index (χ3n) is 5.36. The first-order valence-electron chi connectivity index (χ1n) is 10.5. The number of fused-ring (bicyclic) bond motifs is 1. The number of urea groups is 1. The molecule has 4 rings (SSSR count). The predicted octanol–water partition coefficient (Wildman–Crippen LogP) is 2.16. The zero-order valence-corrected chi connectivity index (χ0v) is 17.1. The van der Waals surface area contributed by atoms with E-state index in [-0.39, 0.29) is 24.7 Å². The molecule has 1 fully saturated rings. The van der Waals surface area contributed by atoms with Crippen LogP contribution in [0.5, 0.6) is 0 Å². The van der Waals surface area contributed by atoms with Crippen molar-refractivity contribution in [3.63, 3.8) is 0 Å². The van der Waals surface area contributed by atoms with Crippen molar-refractivity contribution < 1.29 is 14.4 Å². The molecule has 160 valence electrons. The maximum absolute atomic E-state index is 12.5. The van der Waals surface area contributed by atoms with Crippen molar-refractivity contribution in [1.82, 2.24) is 25.5 Å². The van der Waals surface area contributed by atoms with E-state index in [4.69, 9.17) is 0 Å². The first-order valence-corrected chi connectivity index (χ1v) is 10.5. The van der Waals surface area contributed by atoms with Crippen LogP contribution in [0.4, 0.5) is 4.79 Å². The summed E-state index contributed by atoms with van der Waals surface area (Å²) < 4.78 is 0. The molecule has 8 heteroatoms. The van der Waals surface area contributed by atoms with Gasteiger partial charge in [0.2, 0.25) is 5.91 Å². The molecule has 3 N–H and O–H groups in total. The Bertz CT molecular complexity index is 1050. The second kappa shape index (κ2) is 9.42. The Morgan fingerprint density at radius 3 is 2.61 bits per heavy atom. The molecule has 0 bridgehead atoms. The van der Waals surface area contributed by atoms with Crippen LogP contribution in [0, 0.1) is 0 Å². The van der Waals surface area contributed by atoms with Gasteiger partial charge in [-0.05, 0) is 30.5 Å². The van der Waals surface area contributed by atoms with Crippen molar-refractivity contribution in [1.29, 1.82) is 0 Å². The summed E-state index contributed by atoms with van der Waals surface area (Å²) in [5, 5.41) is 5.53. The number of rotatable bonds is 9. The standard InChI is InChI=1S/C23H25N5O3/c29-21(24-14-12-20-25-17-8-4-5-9-18(17)26-20)11-10-19-22(30)28(23(31)27-19)15-13-16-6-2-1-3-7-16/h1-9,19H,10-15H2,(H,24,29)(H,25,26)(H,27,31)/t19-/m0/s1. The lowest BCUT2D eigenvalue weighted by Crippen LogP contribution is -2.34. The number of nitrogens with zero attached hydrogens (tertiary/aromatic N) is 2. The van der Waals surface area contributed by atoms with Crippen molar-refractivity contribution >= 4 is 28.9 Å². The molecule has 1 saturated heterocycles. The fourth-order valence-electron chi connectivity index (χ4n) is 3.68. The number of carbonyl (C=O) groups is 3. The molecule has 0 aliphatic carbocycles. The average molecular weight is 419 g/mol. The molecular weight excluding hydrogens is 394 g/mol. The molecule has 2 heterocycles. The summed E-state index contributed by atoms with van der Waals surface area (Å²) in [6.45, 7) is 0.779. The Labute approximate surface area is 180 Å². The summed E-state index contributed by atoms with van der Waals surface area (Å²) in [4.78, 5) is 45.8. The maximum atomic E-state index is 12.5. The minimum absolute atomic E-state index is 0.152. The van der Waals surface area contributed by atoms with Crippen LogP contribution in [0.1, 0.15) is 24.2 Å². The van der Waals surface area contributed by atoms with Crippen molar-refractivity contribution in [3.8, 4) is 0 Å². The number of benzene rings is 2. The number of hydrogen-bond donors (Lipinski definition) is 3. The van der Waals surface area contributed by atoms with Gasteiger partial charge in [-0.25, -0.2) is 9.78 Å². The largest absolute Gasteiger partial charge is 0.356 e. The van der Waals surface area contributed by atoms with Gasteiger partial charge >= 0.3 is 6.03 Å². The highest BCUT2D eigenvalue weighted by Gasteiger charge is 2.37. The Morgan fingerprint density at radius 2 is 1.81 bits per heavy atom. The summed E-state index contributed by atoms with van der Waals surface area (Å²) >= 11 is 0. The van der Waals surface area contributed by atoms with Crippen LogP contribution in [0.25, 0.3) is 11.0 Å². The molecule has 8 nitrogen and oxygen atoms in total. The summed E-state index contributed by atoms with van der Waals surface area (Å²) in [5.41, 5.74) is 2.93. The van der Waals surface area contributed by atoms with Gasteiger partial charge in [-0.2, -0.15) is 0 Å². The van der Waals surface area contributed by atoms with E-state index >= 15 is 0 Å². The van der Waals surface area contributed by atoms with Gasteiger partial charge in [0.25, 0.3) is 5.91 Å². The minimum atomic E-state index is -0.649. The zero-order chi connectivity index (χ0) is 21.6. The number of amides is 4. The van der Waals surface area contributed by atoms with Gasteiger partial charge in [-0.1, -0.05) is 42.5 Å². The van der Waals surface area contributed by atoms with E-state index in [1.165, 1.54) is 4.90 Å². The molecule has 0 unspecified atom stereocenters. The van der Waals surface area contributed by atoms with Gasteiger partial charge in [0.1, 0.15) is 11.9 Å². The van der Waals surface area contributed by atoms with E-state index in [2.05, 4.69) is 20.6 Å². The summed E-state index contributed by atoms with van der Waals surface area (Å²) in [6, 6.07) is 16.4. The quantitative estimate of drug-likeness (QED) is 0.462. The Morgan fingerprint density at radius 1 is 1.03 bits per heavy atom. The fraction of sp³-hybridized carbons (Fsp3) is 0.304. The molecule has 1 aliphatic rings. The lowest BCUT2D eigenvalue weighted by Gasteiger charge is -2.13. The summed E-state index contributed by atoms with van der Waals surface area (Å²) in [5.74, 6) is 0.394. The maximum Gasteiger partial charge on any atom is 0.324 e. The molecule has 4 amide bonds. The molecule has 2 aromatic carbocycles. The number of aromatic amines is 1. The van der Waals surface area contributed by atoms with Crippen molar-refractivity contribution in [2.24, 2.45) is 0 Å². The SMILES string of the molecule is O=C(CC[C@@H]1NC(=O)N(CCc2ccccc2)C1=O)NCCc1nc2ccccc2[nH]1. The van der Waals surface area contributed by atoms with Gasteiger partial charge in [0, 0.05) is 25.9 Å². The monoisotopic (exact) mass is 419 g/mol.